The molecule has 0 saturated heterocycles. The Bertz CT molecular complexity index is 1250. The third-order valence-electron chi connectivity index (χ3n) is 6.74. The number of methoxy groups -OCH3 is 4. The number of hydrogen-bond donors (Lipinski definition) is 1. The minimum atomic E-state index is -0.399. The third kappa shape index (κ3) is 7.84. The molecule has 3 aromatic rings. The summed E-state index contributed by atoms with van der Waals surface area (Å²) in [6.45, 7) is 4.48. The Morgan fingerprint density at radius 2 is 1.68 bits per heavy atom. The van der Waals surface area contributed by atoms with E-state index in [2.05, 4.69) is 5.32 Å². The van der Waals surface area contributed by atoms with Crippen LogP contribution >= 0.6 is 0 Å². The summed E-state index contributed by atoms with van der Waals surface area (Å²) in [6, 6.07) is 13.8. The predicted molar refractivity (Wildman–Crippen MR) is 152 cm³/mol. The van der Waals surface area contributed by atoms with Crippen LogP contribution in [-0.2, 0) is 17.8 Å². The second kappa shape index (κ2) is 14.7. The summed E-state index contributed by atoms with van der Waals surface area (Å²) in [4.78, 5) is 30.4. The normalized spacial score (nSPS) is 11.3. The molecule has 2 aromatic carbocycles. The topological polar surface area (TPSA) is 103 Å². The van der Waals surface area contributed by atoms with Crippen molar-refractivity contribution in [3.63, 3.8) is 0 Å². The van der Waals surface area contributed by atoms with Crippen LogP contribution in [0.25, 0.3) is 0 Å². The second-order valence-corrected chi connectivity index (χ2v) is 9.22. The van der Waals surface area contributed by atoms with Gasteiger partial charge in [-0.05, 0) is 61.7 Å². The highest BCUT2D eigenvalue weighted by Gasteiger charge is 2.26. The summed E-state index contributed by atoms with van der Waals surface area (Å²) >= 11 is 0. The summed E-state index contributed by atoms with van der Waals surface area (Å²) < 4.78 is 27.0. The molecule has 1 heterocycles. The van der Waals surface area contributed by atoms with Crippen molar-refractivity contribution in [3.05, 3.63) is 66.1 Å². The zero-order valence-electron chi connectivity index (χ0n) is 24.1. The van der Waals surface area contributed by atoms with Gasteiger partial charge in [-0.2, -0.15) is 0 Å². The smallest absolute Gasteiger partial charge is 0.322 e. The lowest BCUT2D eigenvalue weighted by Crippen LogP contribution is -2.48. The number of urea groups is 1. The van der Waals surface area contributed by atoms with Gasteiger partial charge in [-0.1, -0.05) is 13.0 Å². The molecule has 0 spiro atoms. The zero-order chi connectivity index (χ0) is 29.1. The van der Waals surface area contributed by atoms with Gasteiger partial charge in [0.2, 0.25) is 5.91 Å². The molecule has 0 aliphatic rings. The zero-order valence-corrected chi connectivity index (χ0v) is 24.1. The number of ether oxygens (including phenoxy) is 4. The van der Waals surface area contributed by atoms with Gasteiger partial charge in [-0.3, -0.25) is 4.79 Å². The van der Waals surface area contributed by atoms with Crippen LogP contribution in [0.4, 0.5) is 10.5 Å². The molecule has 10 nitrogen and oxygen atoms in total. The number of carbonyl (C=O) groups is 2. The van der Waals surface area contributed by atoms with E-state index < -0.39 is 6.03 Å². The van der Waals surface area contributed by atoms with Crippen molar-refractivity contribution in [1.82, 2.24) is 9.80 Å². The van der Waals surface area contributed by atoms with Gasteiger partial charge in [0.15, 0.2) is 11.5 Å². The number of nitrogens with one attached hydrogen (secondary N) is 1. The molecule has 0 bridgehead atoms. The molecule has 3 amide bonds. The number of carbonyl (C=O) groups excluding carboxylic acids is 2. The number of furan rings is 1. The fraction of sp³-hybridized carbons (Fsp3) is 0.400. The van der Waals surface area contributed by atoms with E-state index >= 15 is 0 Å². The first-order chi connectivity index (χ1) is 19.3. The SMILES string of the molecule is CCC(C)N(CC(=O)N(CCc1ccc(OC)c(OC)c1)Cc1ccco1)C(=O)Nc1ccc(OC)cc1OC. The predicted octanol–water partition coefficient (Wildman–Crippen LogP) is 5.22. The van der Waals surface area contributed by atoms with E-state index in [1.54, 1.807) is 56.8 Å². The van der Waals surface area contributed by atoms with Crippen molar-refractivity contribution in [3.8, 4) is 23.0 Å². The maximum atomic E-state index is 13.7. The molecule has 216 valence electrons. The van der Waals surface area contributed by atoms with Gasteiger partial charge in [0, 0.05) is 18.7 Å². The van der Waals surface area contributed by atoms with Crippen LogP contribution < -0.4 is 24.3 Å². The Hall–Kier alpha value is -4.34. The van der Waals surface area contributed by atoms with Gasteiger partial charge in [0.1, 0.15) is 23.8 Å². The van der Waals surface area contributed by atoms with E-state index in [0.29, 0.717) is 53.8 Å². The first kappa shape index (κ1) is 30.2. The highest BCUT2D eigenvalue weighted by molar-refractivity contribution is 5.94. The minimum Gasteiger partial charge on any atom is -0.497 e. The first-order valence-corrected chi connectivity index (χ1v) is 13.1. The van der Waals surface area contributed by atoms with Crippen molar-refractivity contribution >= 4 is 17.6 Å². The summed E-state index contributed by atoms with van der Waals surface area (Å²) in [5, 5.41) is 2.89. The Morgan fingerprint density at radius 1 is 0.925 bits per heavy atom. The summed E-state index contributed by atoms with van der Waals surface area (Å²) in [7, 11) is 6.25. The molecule has 0 aliphatic carbocycles. The quantitative estimate of drug-likeness (QED) is 0.292. The minimum absolute atomic E-state index is 0.105. The van der Waals surface area contributed by atoms with Crippen LogP contribution in [0.15, 0.2) is 59.2 Å². The van der Waals surface area contributed by atoms with Crippen LogP contribution in [0.2, 0.25) is 0 Å². The highest BCUT2D eigenvalue weighted by atomic mass is 16.5. The molecule has 0 aliphatic heterocycles. The summed E-state index contributed by atoms with van der Waals surface area (Å²) in [5.41, 5.74) is 1.47. The molecule has 0 fully saturated rings. The van der Waals surface area contributed by atoms with Gasteiger partial charge >= 0.3 is 6.03 Å². The molecule has 10 heteroatoms. The fourth-order valence-corrected chi connectivity index (χ4v) is 4.17. The van der Waals surface area contributed by atoms with E-state index in [4.69, 9.17) is 23.4 Å². The maximum absolute atomic E-state index is 13.7. The molecule has 40 heavy (non-hydrogen) atoms. The number of anilines is 1. The van der Waals surface area contributed by atoms with Crippen molar-refractivity contribution in [2.75, 3.05) is 46.8 Å². The van der Waals surface area contributed by atoms with Crippen molar-refractivity contribution in [1.29, 1.82) is 0 Å². The molecule has 1 N–H and O–H groups in total. The molecule has 3 rings (SSSR count). The average molecular weight is 554 g/mol. The monoisotopic (exact) mass is 553 g/mol. The number of benzene rings is 2. The Labute approximate surface area is 235 Å². The molecule has 1 aromatic heterocycles. The first-order valence-electron chi connectivity index (χ1n) is 13.1. The van der Waals surface area contributed by atoms with E-state index in [9.17, 15) is 9.59 Å². The molecular weight excluding hydrogens is 514 g/mol. The lowest BCUT2D eigenvalue weighted by atomic mass is 10.1. The van der Waals surface area contributed by atoms with E-state index in [1.807, 2.05) is 38.1 Å². The van der Waals surface area contributed by atoms with Crippen LogP contribution in [0.5, 0.6) is 23.0 Å². The average Bonchev–Trinajstić information content (AvgIpc) is 3.50. The highest BCUT2D eigenvalue weighted by Crippen LogP contribution is 2.30. The number of nitrogens with zero attached hydrogens (tertiary/aromatic N) is 2. The second-order valence-electron chi connectivity index (χ2n) is 9.22. The molecule has 0 radical (unpaired) electrons. The van der Waals surface area contributed by atoms with Gasteiger partial charge in [0.05, 0.1) is 46.9 Å². The Kier molecular flexibility index (Phi) is 11.1. The number of hydrogen-bond acceptors (Lipinski definition) is 7. The summed E-state index contributed by atoms with van der Waals surface area (Å²) in [6.07, 6.45) is 2.82. The van der Waals surface area contributed by atoms with Crippen LogP contribution in [0, 0.1) is 0 Å². The lowest BCUT2D eigenvalue weighted by molar-refractivity contribution is -0.133. The van der Waals surface area contributed by atoms with Gasteiger partial charge in [-0.15, -0.1) is 0 Å². The molecule has 1 atom stereocenters. The maximum Gasteiger partial charge on any atom is 0.322 e. The van der Waals surface area contributed by atoms with Gasteiger partial charge in [-0.25, -0.2) is 4.79 Å². The van der Waals surface area contributed by atoms with Gasteiger partial charge < -0.3 is 38.5 Å². The lowest BCUT2D eigenvalue weighted by Gasteiger charge is -2.31. The van der Waals surface area contributed by atoms with Crippen molar-refractivity contribution in [2.45, 2.75) is 39.3 Å². The molecular formula is C30H39N3O7. The fourth-order valence-electron chi connectivity index (χ4n) is 4.17. The molecule has 0 saturated carbocycles. The van der Waals surface area contributed by atoms with Crippen molar-refractivity contribution < 1.29 is 33.0 Å². The van der Waals surface area contributed by atoms with Crippen molar-refractivity contribution in [2.24, 2.45) is 0 Å². The van der Waals surface area contributed by atoms with E-state index in [0.717, 1.165) is 5.56 Å². The number of rotatable bonds is 14. The van der Waals surface area contributed by atoms with Crippen LogP contribution in [0.1, 0.15) is 31.6 Å². The third-order valence-corrected chi connectivity index (χ3v) is 6.74. The standard InChI is InChI=1S/C30H39N3O7/c1-7-21(2)33(30(35)31-25-12-11-23(36-3)18-27(25)38-5)20-29(34)32(19-24-9-8-16-40-24)15-14-22-10-13-26(37-4)28(17-22)39-6/h8-13,16-18,21H,7,14-15,19-20H2,1-6H3,(H,31,35). The van der Waals surface area contributed by atoms with Gasteiger partial charge in [0.25, 0.3) is 0 Å². The molecule has 1 unspecified atom stereocenters. The van der Waals surface area contributed by atoms with E-state index in [1.165, 1.54) is 12.0 Å². The van der Waals surface area contributed by atoms with Crippen LogP contribution in [-0.4, -0.2) is 69.3 Å². The van der Waals surface area contributed by atoms with Crippen LogP contribution in [0.3, 0.4) is 0 Å². The van der Waals surface area contributed by atoms with E-state index in [-0.39, 0.29) is 25.0 Å². The Balaban J connectivity index is 1.78. The largest absolute Gasteiger partial charge is 0.497 e. The Morgan fingerprint density at radius 3 is 2.30 bits per heavy atom. The number of amides is 3. The summed E-state index contributed by atoms with van der Waals surface area (Å²) in [5.74, 6) is 2.78.